The highest BCUT2D eigenvalue weighted by Crippen LogP contribution is 2.31. The van der Waals surface area contributed by atoms with E-state index in [4.69, 9.17) is 4.74 Å². The maximum absolute atomic E-state index is 12.6. The van der Waals surface area contributed by atoms with Gasteiger partial charge in [0, 0.05) is 32.7 Å². The number of anilines is 1. The van der Waals surface area contributed by atoms with Gasteiger partial charge in [0.05, 0.1) is 12.2 Å². The molecule has 2 aliphatic rings. The number of para-hydroxylation sites is 2. The maximum Gasteiger partial charge on any atom is 0.401 e. The van der Waals surface area contributed by atoms with Crippen LogP contribution >= 0.6 is 0 Å². The standard InChI is InChI=1S/C17H24F3N3O/c18-17(19,20)13-22-9-3-4-14(12-22)24-16-6-2-1-5-15(16)23-10-7-21-8-11-23/h1-2,5-6,14,21H,3-4,7-13H2. The van der Waals surface area contributed by atoms with Crippen LogP contribution < -0.4 is 15.0 Å². The Hall–Kier alpha value is -1.47. The van der Waals surface area contributed by atoms with Crippen LogP contribution in [-0.4, -0.2) is 63.0 Å². The molecule has 2 heterocycles. The third kappa shape index (κ3) is 4.77. The molecular formula is C17H24F3N3O. The number of hydrogen-bond donors (Lipinski definition) is 1. The molecule has 0 amide bonds. The van der Waals surface area contributed by atoms with Gasteiger partial charge < -0.3 is 15.0 Å². The van der Waals surface area contributed by atoms with Crippen molar-refractivity contribution in [3.63, 3.8) is 0 Å². The van der Waals surface area contributed by atoms with Gasteiger partial charge in [-0.3, -0.25) is 4.90 Å². The van der Waals surface area contributed by atoms with Crippen molar-refractivity contribution in [1.82, 2.24) is 10.2 Å². The van der Waals surface area contributed by atoms with E-state index in [1.165, 1.54) is 4.90 Å². The second-order valence-electron chi connectivity index (χ2n) is 6.44. The molecule has 2 fully saturated rings. The van der Waals surface area contributed by atoms with Gasteiger partial charge in [0.2, 0.25) is 0 Å². The van der Waals surface area contributed by atoms with E-state index in [1.54, 1.807) is 0 Å². The van der Waals surface area contributed by atoms with Crippen LogP contribution in [-0.2, 0) is 0 Å². The third-order valence-electron chi connectivity index (χ3n) is 4.48. The summed E-state index contributed by atoms with van der Waals surface area (Å²) in [5.41, 5.74) is 1.03. The van der Waals surface area contributed by atoms with Gasteiger partial charge in [-0.15, -0.1) is 0 Å². The van der Waals surface area contributed by atoms with E-state index in [0.717, 1.165) is 50.5 Å². The van der Waals surface area contributed by atoms with Crippen molar-refractivity contribution < 1.29 is 17.9 Å². The summed E-state index contributed by atoms with van der Waals surface area (Å²) in [5, 5.41) is 3.32. The fourth-order valence-electron chi connectivity index (χ4n) is 3.41. The summed E-state index contributed by atoms with van der Waals surface area (Å²) < 4.78 is 43.9. The molecule has 0 saturated carbocycles. The minimum atomic E-state index is -4.15. The van der Waals surface area contributed by atoms with Gasteiger partial charge in [0.15, 0.2) is 0 Å². The van der Waals surface area contributed by atoms with Gasteiger partial charge in [0.1, 0.15) is 11.9 Å². The average molecular weight is 343 g/mol. The summed E-state index contributed by atoms with van der Waals surface area (Å²) in [7, 11) is 0. The number of halogens is 3. The predicted octanol–water partition coefficient (Wildman–Crippen LogP) is 2.50. The van der Waals surface area contributed by atoms with Gasteiger partial charge in [0.25, 0.3) is 0 Å². The molecule has 4 nitrogen and oxygen atoms in total. The molecule has 3 rings (SSSR count). The number of alkyl halides is 3. The van der Waals surface area contributed by atoms with Crippen molar-refractivity contribution in [3.05, 3.63) is 24.3 Å². The second kappa shape index (κ2) is 7.61. The minimum absolute atomic E-state index is 0.190. The monoisotopic (exact) mass is 343 g/mol. The lowest BCUT2D eigenvalue weighted by molar-refractivity contribution is -0.150. The molecule has 1 N–H and O–H groups in total. The van der Waals surface area contributed by atoms with Crippen LogP contribution in [0, 0.1) is 0 Å². The number of nitrogens with one attached hydrogen (secondary N) is 1. The Labute approximate surface area is 140 Å². The van der Waals surface area contributed by atoms with Gasteiger partial charge in [-0.25, -0.2) is 0 Å². The lowest BCUT2D eigenvalue weighted by Crippen LogP contribution is -2.46. The largest absolute Gasteiger partial charge is 0.487 e. The van der Waals surface area contributed by atoms with E-state index in [1.807, 2.05) is 24.3 Å². The average Bonchev–Trinajstić information content (AvgIpc) is 2.55. The Kier molecular flexibility index (Phi) is 5.50. The molecule has 0 aromatic heterocycles. The summed E-state index contributed by atoms with van der Waals surface area (Å²) in [6.07, 6.45) is -2.81. The first-order valence-electron chi connectivity index (χ1n) is 8.52. The zero-order valence-electron chi connectivity index (χ0n) is 13.7. The summed E-state index contributed by atoms with van der Waals surface area (Å²) in [6.45, 7) is 3.63. The van der Waals surface area contributed by atoms with Gasteiger partial charge in [-0.2, -0.15) is 13.2 Å². The summed E-state index contributed by atoms with van der Waals surface area (Å²) in [6, 6.07) is 7.83. The predicted molar refractivity (Wildman–Crippen MR) is 87.7 cm³/mol. The van der Waals surface area contributed by atoms with E-state index >= 15 is 0 Å². The van der Waals surface area contributed by atoms with Gasteiger partial charge >= 0.3 is 6.18 Å². The molecule has 134 valence electrons. The number of likely N-dealkylation sites (tertiary alicyclic amines) is 1. The third-order valence-corrected chi connectivity index (χ3v) is 4.48. The second-order valence-corrected chi connectivity index (χ2v) is 6.44. The summed E-state index contributed by atoms with van der Waals surface area (Å²) >= 11 is 0. The quantitative estimate of drug-likeness (QED) is 0.909. The van der Waals surface area contributed by atoms with Crippen LogP contribution in [0.1, 0.15) is 12.8 Å². The van der Waals surface area contributed by atoms with E-state index < -0.39 is 12.7 Å². The molecule has 1 aromatic carbocycles. The van der Waals surface area contributed by atoms with Crippen molar-refractivity contribution in [1.29, 1.82) is 0 Å². The number of ether oxygens (including phenoxy) is 1. The van der Waals surface area contributed by atoms with Crippen LogP contribution in [0.3, 0.4) is 0 Å². The Bertz CT molecular complexity index is 532. The van der Waals surface area contributed by atoms with E-state index in [9.17, 15) is 13.2 Å². The molecule has 1 unspecified atom stereocenters. The zero-order valence-corrected chi connectivity index (χ0v) is 13.7. The molecule has 24 heavy (non-hydrogen) atoms. The number of hydrogen-bond acceptors (Lipinski definition) is 4. The van der Waals surface area contributed by atoms with Crippen LogP contribution in [0.4, 0.5) is 18.9 Å². The number of rotatable bonds is 4. The molecular weight excluding hydrogens is 319 g/mol. The van der Waals surface area contributed by atoms with Gasteiger partial charge in [-0.1, -0.05) is 12.1 Å². The number of piperazine rings is 1. The Morgan fingerprint density at radius 1 is 1.12 bits per heavy atom. The number of nitrogens with zero attached hydrogens (tertiary/aromatic N) is 2. The fourth-order valence-corrected chi connectivity index (χ4v) is 3.41. The molecule has 1 atom stereocenters. The van der Waals surface area contributed by atoms with Crippen molar-refractivity contribution >= 4 is 5.69 Å². The zero-order chi connectivity index (χ0) is 17.0. The molecule has 0 bridgehead atoms. The van der Waals surface area contributed by atoms with Gasteiger partial charge in [-0.05, 0) is 31.5 Å². The fraction of sp³-hybridized carbons (Fsp3) is 0.647. The van der Waals surface area contributed by atoms with Crippen LogP contribution in [0.2, 0.25) is 0 Å². The van der Waals surface area contributed by atoms with Crippen molar-refractivity contribution in [2.75, 3.05) is 50.7 Å². The highest BCUT2D eigenvalue weighted by atomic mass is 19.4. The first kappa shape index (κ1) is 17.4. The summed E-state index contributed by atoms with van der Waals surface area (Å²) in [5.74, 6) is 0.776. The normalized spacial score (nSPS) is 23.3. The Morgan fingerprint density at radius 2 is 1.88 bits per heavy atom. The Balaban J connectivity index is 1.65. The Morgan fingerprint density at radius 3 is 2.62 bits per heavy atom. The lowest BCUT2D eigenvalue weighted by Gasteiger charge is -2.35. The molecule has 0 spiro atoms. The first-order chi connectivity index (χ1) is 11.5. The van der Waals surface area contributed by atoms with Crippen LogP contribution in [0.25, 0.3) is 0 Å². The first-order valence-corrected chi connectivity index (χ1v) is 8.52. The van der Waals surface area contributed by atoms with Crippen molar-refractivity contribution in [2.45, 2.75) is 25.1 Å². The van der Waals surface area contributed by atoms with E-state index in [2.05, 4.69) is 10.2 Å². The highest BCUT2D eigenvalue weighted by Gasteiger charge is 2.33. The minimum Gasteiger partial charge on any atom is -0.487 e. The lowest BCUT2D eigenvalue weighted by atomic mass is 10.1. The van der Waals surface area contributed by atoms with E-state index in [-0.39, 0.29) is 6.10 Å². The summed E-state index contributed by atoms with van der Waals surface area (Å²) in [4.78, 5) is 3.71. The van der Waals surface area contributed by atoms with Crippen molar-refractivity contribution in [3.8, 4) is 5.75 Å². The molecule has 1 aromatic rings. The van der Waals surface area contributed by atoms with E-state index in [0.29, 0.717) is 13.1 Å². The number of piperidine rings is 1. The smallest absolute Gasteiger partial charge is 0.401 e. The molecule has 2 saturated heterocycles. The maximum atomic E-state index is 12.6. The SMILES string of the molecule is FC(F)(F)CN1CCCC(Oc2ccccc2N2CCNCC2)C1. The molecule has 2 aliphatic heterocycles. The number of benzene rings is 1. The van der Waals surface area contributed by atoms with Crippen molar-refractivity contribution in [2.24, 2.45) is 0 Å². The molecule has 0 aliphatic carbocycles. The highest BCUT2D eigenvalue weighted by molar-refractivity contribution is 5.58. The van der Waals surface area contributed by atoms with Crippen LogP contribution in [0.15, 0.2) is 24.3 Å². The molecule has 7 heteroatoms. The van der Waals surface area contributed by atoms with Crippen LogP contribution in [0.5, 0.6) is 5.75 Å². The topological polar surface area (TPSA) is 27.7 Å². The molecule has 0 radical (unpaired) electrons.